The van der Waals surface area contributed by atoms with Crippen LogP contribution in [0.2, 0.25) is 5.02 Å². The number of rotatable bonds is 5. The molecule has 1 N–H and O–H groups in total. The van der Waals surface area contributed by atoms with E-state index in [1.807, 2.05) is 0 Å². The van der Waals surface area contributed by atoms with E-state index >= 15 is 0 Å². The van der Waals surface area contributed by atoms with Crippen molar-refractivity contribution >= 4 is 38.9 Å². The molecular weight excluding hydrogens is 338 g/mol. The van der Waals surface area contributed by atoms with E-state index in [-0.39, 0.29) is 28.3 Å². The Balaban J connectivity index is 2.94. The van der Waals surface area contributed by atoms with Crippen molar-refractivity contribution < 1.29 is 21.6 Å². The van der Waals surface area contributed by atoms with Gasteiger partial charge in [-0.05, 0) is 24.1 Å². The van der Waals surface area contributed by atoms with Crippen molar-refractivity contribution in [3.8, 4) is 0 Å². The van der Waals surface area contributed by atoms with Gasteiger partial charge in [-0.15, -0.1) is 11.6 Å². The first-order chi connectivity index (χ1) is 9.05. The second kappa shape index (κ2) is 6.41. The number of halogens is 5. The number of hydrogen-bond acceptors (Lipinski definition) is 2. The van der Waals surface area contributed by atoms with E-state index in [0.29, 0.717) is 6.07 Å². The molecule has 0 aromatic heterocycles. The number of benzene rings is 1. The van der Waals surface area contributed by atoms with Crippen LogP contribution in [0, 0.1) is 5.92 Å². The zero-order valence-corrected chi connectivity index (χ0v) is 12.7. The summed E-state index contributed by atoms with van der Waals surface area (Å²) in [5, 5.41) is -0.318. The molecule has 0 fully saturated rings. The molecule has 0 aliphatic heterocycles. The van der Waals surface area contributed by atoms with Crippen molar-refractivity contribution in [3.63, 3.8) is 0 Å². The maximum atomic E-state index is 12.4. The van der Waals surface area contributed by atoms with Crippen LogP contribution >= 0.6 is 23.2 Å². The molecule has 0 bridgehead atoms. The van der Waals surface area contributed by atoms with Gasteiger partial charge < -0.3 is 0 Å². The molecule has 1 rings (SSSR count). The highest BCUT2D eigenvalue weighted by molar-refractivity contribution is 7.92. The van der Waals surface area contributed by atoms with Crippen LogP contribution in [0.5, 0.6) is 0 Å². The van der Waals surface area contributed by atoms with E-state index < -0.39 is 21.8 Å². The van der Waals surface area contributed by atoms with Crippen molar-refractivity contribution in [1.29, 1.82) is 0 Å². The van der Waals surface area contributed by atoms with Gasteiger partial charge in [0.05, 0.1) is 22.0 Å². The summed E-state index contributed by atoms with van der Waals surface area (Å²) in [5.74, 6) is -0.377. The van der Waals surface area contributed by atoms with Crippen LogP contribution in [-0.2, 0) is 16.2 Å². The molecule has 0 spiro atoms. The molecule has 0 saturated carbocycles. The maximum absolute atomic E-state index is 12.4. The highest BCUT2D eigenvalue weighted by Crippen LogP contribution is 2.34. The Hall–Kier alpha value is -0.660. The van der Waals surface area contributed by atoms with Crippen LogP contribution in [0.3, 0.4) is 0 Å². The van der Waals surface area contributed by atoms with Crippen LogP contribution in [0.25, 0.3) is 0 Å². The van der Waals surface area contributed by atoms with E-state index in [4.69, 9.17) is 23.2 Å². The van der Waals surface area contributed by atoms with Gasteiger partial charge in [-0.3, -0.25) is 4.72 Å². The fourth-order valence-corrected chi connectivity index (χ4v) is 3.39. The summed E-state index contributed by atoms with van der Waals surface area (Å²) in [4.78, 5) is 0. The molecule has 0 radical (unpaired) electrons. The van der Waals surface area contributed by atoms with E-state index in [1.54, 1.807) is 6.92 Å². The van der Waals surface area contributed by atoms with Gasteiger partial charge in [0.15, 0.2) is 0 Å². The van der Waals surface area contributed by atoms with Gasteiger partial charge in [0.25, 0.3) is 0 Å². The number of alkyl halides is 4. The number of nitrogens with one attached hydrogen (secondary N) is 1. The van der Waals surface area contributed by atoms with Crippen LogP contribution in [0.1, 0.15) is 12.5 Å². The predicted octanol–water partition coefficient (Wildman–Crippen LogP) is 3.98. The standard InChI is InChI=1S/C11H12Cl2F3NO2S/c1-7(5-12)6-20(18,19)17-10-3-2-8(4-9(10)13)11(14,15)16/h2-4,7,17H,5-6H2,1H3. The summed E-state index contributed by atoms with van der Waals surface area (Å²) in [6.07, 6.45) is -4.53. The summed E-state index contributed by atoms with van der Waals surface area (Å²) >= 11 is 11.2. The molecular formula is C11H12Cl2F3NO2S. The average Bonchev–Trinajstić information content (AvgIpc) is 2.29. The van der Waals surface area contributed by atoms with E-state index in [2.05, 4.69) is 4.72 Å². The molecule has 1 aromatic carbocycles. The maximum Gasteiger partial charge on any atom is 0.416 e. The fraction of sp³-hybridized carbons (Fsp3) is 0.455. The molecule has 1 unspecified atom stereocenters. The fourth-order valence-electron chi connectivity index (χ4n) is 1.40. The molecule has 3 nitrogen and oxygen atoms in total. The molecule has 114 valence electrons. The first-order valence-corrected chi connectivity index (χ1v) is 8.05. The lowest BCUT2D eigenvalue weighted by Gasteiger charge is -2.13. The number of anilines is 1. The topological polar surface area (TPSA) is 46.2 Å². The highest BCUT2D eigenvalue weighted by atomic mass is 35.5. The quantitative estimate of drug-likeness (QED) is 0.817. The zero-order valence-electron chi connectivity index (χ0n) is 10.3. The third-order valence-corrected chi connectivity index (χ3v) is 4.71. The summed E-state index contributed by atoms with van der Waals surface area (Å²) in [6, 6.07) is 2.41. The van der Waals surface area contributed by atoms with Gasteiger partial charge >= 0.3 is 6.18 Å². The van der Waals surface area contributed by atoms with Crippen LogP contribution in [-0.4, -0.2) is 20.1 Å². The van der Waals surface area contributed by atoms with Crippen molar-refractivity contribution in [3.05, 3.63) is 28.8 Å². The van der Waals surface area contributed by atoms with E-state index in [9.17, 15) is 21.6 Å². The lowest BCUT2D eigenvalue weighted by molar-refractivity contribution is -0.137. The smallest absolute Gasteiger partial charge is 0.282 e. The van der Waals surface area contributed by atoms with Gasteiger partial charge in [0.2, 0.25) is 10.0 Å². The predicted molar refractivity (Wildman–Crippen MR) is 73.7 cm³/mol. The lowest BCUT2D eigenvalue weighted by atomic mass is 10.2. The Morgan fingerprint density at radius 1 is 1.35 bits per heavy atom. The normalized spacial score (nSPS) is 14.1. The Bertz CT molecular complexity index is 576. The molecule has 0 aliphatic carbocycles. The molecule has 9 heteroatoms. The minimum atomic E-state index is -4.53. The van der Waals surface area contributed by atoms with E-state index in [1.165, 1.54) is 0 Å². The first-order valence-electron chi connectivity index (χ1n) is 5.48. The van der Waals surface area contributed by atoms with Gasteiger partial charge in [-0.1, -0.05) is 18.5 Å². The summed E-state index contributed by atoms with van der Waals surface area (Å²) in [6.45, 7) is 1.64. The number of sulfonamides is 1. The van der Waals surface area contributed by atoms with Gasteiger partial charge in [0.1, 0.15) is 0 Å². The van der Waals surface area contributed by atoms with Crippen molar-refractivity contribution in [2.75, 3.05) is 16.4 Å². The van der Waals surface area contributed by atoms with Crippen molar-refractivity contribution in [2.45, 2.75) is 13.1 Å². The van der Waals surface area contributed by atoms with Crippen LogP contribution < -0.4 is 4.72 Å². The third kappa shape index (κ3) is 5.03. The molecule has 20 heavy (non-hydrogen) atoms. The minimum absolute atomic E-state index is 0.0959. The second-order valence-corrected chi connectivity index (χ2v) is 6.82. The molecule has 0 aliphatic rings. The Morgan fingerprint density at radius 2 is 1.95 bits per heavy atom. The summed E-state index contributed by atoms with van der Waals surface area (Å²) < 4.78 is 63.0. The molecule has 0 saturated heterocycles. The lowest BCUT2D eigenvalue weighted by Crippen LogP contribution is -2.22. The Labute approximate surface area is 125 Å². The van der Waals surface area contributed by atoms with Gasteiger partial charge in [-0.2, -0.15) is 13.2 Å². The summed E-state index contributed by atoms with van der Waals surface area (Å²) in [7, 11) is -3.72. The third-order valence-electron chi connectivity index (χ3n) is 2.33. The largest absolute Gasteiger partial charge is 0.416 e. The van der Waals surface area contributed by atoms with Gasteiger partial charge in [-0.25, -0.2) is 8.42 Å². The molecule has 0 heterocycles. The average molecular weight is 350 g/mol. The highest BCUT2D eigenvalue weighted by Gasteiger charge is 2.31. The second-order valence-electron chi connectivity index (χ2n) is 4.34. The van der Waals surface area contributed by atoms with Crippen molar-refractivity contribution in [1.82, 2.24) is 0 Å². The molecule has 1 atom stereocenters. The number of hydrogen-bond donors (Lipinski definition) is 1. The Kier molecular flexibility index (Phi) is 5.57. The SMILES string of the molecule is CC(CCl)CS(=O)(=O)Nc1ccc(C(F)(F)F)cc1Cl. The van der Waals surface area contributed by atoms with Crippen molar-refractivity contribution in [2.24, 2.45) is 5.92 Å². The zero-order chi connectivity index (χ0) is 15.6. The van der Waals surface area contributed by atoms with Gasteiger partial charge in [0, 0.05) is 5.88 Å². The first kappa shape index (κ1) is 17.4. The summed E-state index contributed by atoms with van der Waals surface area (Å²) in [5.41, 5.74) is -1.04. The van der Waals surface area contributed by atoms with Crippen LogP contribution in [0.15, 0.2) is 18.2 Å². The van der Waals surface area contributed by atoms with E-state index in [0.717, 1.165) is 12.1 Å². The monoisotopic (exact) mass is 349 g/mol. The minimum Gasteiger partial charge on any atom is -0.282 e. The molecule has 0 amide bonds. The molecule has 1 aromatic rings. The van der Waals surface area contributed by atoms with Crippen LogP contribution in [0.4, 0.5) is 18.9 Å². The Morgan fingerprint density at radius 3 is 2.40 bits per heavy atom.